The SMILES string of the molecule is COc1cc2c(nc1OC)c(-c1cc3c(Cl)ccnc3n1S(=O)(=O)c1ccc(C)cc1)cn2CCCN1CCC(O)CC1. The summed E-state index contributed by atoms with van der Waals surface area (Å²) in [6.45, 7) is 5.19. The standard InChI is InChI=1S/C31H34ClN5O5S/c1-20-5-7-22(8-6-20)43(39,40)37-26(17-23-25(32)9-12-33-30(23)37)24-19-36(14-4-13-35-15-10-21(38)11-16-35)27-18-28(41-2)31(42-3)34-29(24)27/h5-9,12,17-19,21,38H,4,10-11,13-16H2,1-3H3. The van der Waals surface area contributed by atoms with Crippen molar-refractivity contribution in [3.05, 3.63) is 65.4 Å². The second kappa shape index (κ2) is 11.8. The van der Waals surface area contributed by atoms with Crippen LogP contribution in [0.4, 0.5) is 0 Å². The molecule has 1 N–H and O–H groups in total. The molecule has 1 saturated heterocycles. The normalized spacial score (nSPS) is 15.0. The minimum absolute atomic E-state index is 0.140. The Morgan fingerprint density at radius 1 is 1.05 bits per heavy atom. The van der Waals surface area contributed by atoms with Crippen LogP contribution in [-0.2, 0) is 16.6 Å². The van der Waals surface area contributed by atoms with Crippen LogP contribution in [0.15, 0.2) is 59.8 Å². The molecule has 43 heavy (non-hydrogen) atoms. The summed E-state index contributed by atoms with van der Waals surface area (Å²) >= 11 is 6.58. The number of halogens is 1. The molecule has 226 valence electrons. The number of hydrogen-bond donors (Lipinski definition) is 1. The van der Waals surface area contributed by atoms with E-state index in [0.29, 0.717) is 45.4 Å². The summed E-state index contributed by atoms with van der Waals surface area (Å²) in [6, 6.07) is 12.0. The number of nitrogens with zero attached hydrogens (tertiary/aromatic N) is 5. The van der Waals surface area contributed by atoms with E-state index >= 15 is 0 Å². The third-order valence-electron chi connectivity index (χ3n) is 8.07. The van der Waals surface area contributed by atoms with Crippen molar-refractivity contribution in [2.75, 3.05) is 33.9 Å². The molecule has 0 aliphatic carbocycles. The molecule has 5 heterocycles. The first-order valence-corrected chi connectivity index (χ1v) is 16.0. The molecular formula is C31H34ClN5O5S. The van der Waals surface area contributed by atoms with Crippen molar-refractivity contribution in [2.24, 2.45) is 0 Å². The summed E-state index contributed by atoms with van der Waals surface area (Å²) in [4.78, 5) is 11.8. The van der Waals surface area contributed by atoms with Crippen molar-refractivity contribution < 1.29 is 23.0 Å². The molecule has 1 aromatic carbocycles. The molecule has 0 unspecified atom stereocenters. The van der Waals surface area contributed by atoms with Gasteiger partial charge in [0.2, 0.25) is 0 Å². The Morgan fingerprint density at radius 3 is 2.49 bits per heavy atom. The first kappa shape index (κ1) is 29.4. The molecule has 0 spiro atoms. The fourth-order valence-corrected chi connectivity index (χ4v) is 7.40. The molecule has 0 atom stereocenters. The summed E-state index contributed by atoms with van der Waals surface area (Å²) in [6.07, 6.45) is 5.64. The van der Waals surface area contributed by atoms with Gasteiger partial charge in [0.1, 0.15) is 5.52 Å². The average Bonchev–Trinajstić information content (AvgIpc) is 3.57. The van der Waals surface area contributed by atoms with Gasteiger partial charge in [0.25, 0.3) is 15.9 Å². The van der Waals surface area contributed by atoms with Gasteiger partial charge in [-0.05, 0) is 57.0 Å². The number of hydrogen-bond acceptors (Lipinski definition) is 8. The lowest BCUT2D eigenvalue weighted by molar-refractivity contribution is 0.0816. The van der Waals surface area contributed by atoms with Gasteiger partial charge in [-0.3, -0.25) is 0 Å². The van der Waals surface area contributed by atoms with Gasteiger partial charge in [-0.1, -0.05) is 29.3 Å². The van der Waals surface area contributed by atoms with Crippen molar-refractivity contribution in [3.63, 3.8) is 0 Å². The first-order chi connectivity index (χ1) is 20.7. The van der Waals surface area contributed by atoms with Gasteiger partial charge < -0.3 is 24.0 Å². The van der Waals surface area contributed by atoms with Gasteiger partial charge in [-0.25, -0.2) is 22.4 Å². The molecule has 10 nitrogen and oxygen atoms in total. The molecule has 5 aromatic rings. The lowest BCUT2D eigenvalue weighted by Gasteiger charge is -2.29. The number of likely N-dealkylation sites (tertiary alicyclic amines) is 1. The van der Waals surface area contributed by atoms with Crippen LogP contribution in [-0.4, -0.2) is 76.9 Å². The van der Waals surface area contributed by atoms with Crippen LogP contribution in [0.3, 0.4) is 0 Å². The van der Waals surface area contributed by atoms with E-state index in [2.05, 4.69) is 14.5 Å². The lowest BCUT2D eigenvalue weighted by atomic mass is 10.1. The van der Waals surface area contributed by atoms with Crippen LogP contribution in [0.5, 0.6) is 11.6 Å². The summed E-state index contributed by atoms with van der Waals surface area (Å²) < 4.78 is 42.9. The molecule has 1 fully saturated rings. The molecule has 0 amide bonds. The largest absolute Gasteiger partial charge is 0.491 e. The van der Waals surface area contributed by atoms with Crippen LogP contribution in [0, 0.1) is 6.92 Å². The van der Waals surface area contributed by atoms with E-state index in [-0.39, 0.29) is 16.6 Å². The fourth-order valence-electron chi connectivity index (χ4n) is 5.73. The van der Waals surface area contributed by atoms with Crippen molar-refractivity contribution in [1.29, 1.82) is 0 Å². The van der Waals surface area contributed by atoms with Crippen molar-refractivity contribution in [2.45, 2.75) is 43.7 Å². The molecule has 1 aliphatic heterocycles. The number of aryl methyl sites for hydroxylation is 2. The van der Waals surface area contributed by atoms with Gasteiger partial charge in [0.05, 0.1) is 41.5 Å². The highest BCUT2D eigenvalue weighted by atomic mass is 35.5. The lowest BCUT2D eigenvalue weighted by Crippen LogP contribution is -2.36. The molecular weight excluding hydrogens is 590 g/mol. The summed E-state index contributed by atoms with van der Waals surface area (Å²) in [5, 5.41) is 10.8. The molecule has 6 rings (SSSR count). The molecule has 0 bridgehead atoms. The van der Waals surface area contributed by atoms with E-state index < -0.39 is 10.0 Å². The van der Waals surface area contributed by atoms with E-state index in [4.69, 9.17) is 26.1 Å². The van der Waals surface area contributed by atoms with Gasteiger partial charge in [0, 0.05) is 49.0 Å². The Kier molecular flexibility index (Phi) is 8.08. The number of aliphatic hydroxyl groups is 1. The maximum Gasteiger partial charge on any atom is 0.269 e. The minimum Gasteiger partial charge on any atom is -0.491 e. The third kappa shape index (κ3) is 5.46. The predicted octanol–water partition coefficient (Wildman–Crippen LogP) is 5.12. The van der Waals surface area contributed by atoms with Crippen LogP contribution in [0.25, 0.3) is 33.3 Å². The number of ether oxygens (including phenoxy) is 2. The van der Waals surface area contributed by atoms with E-state index in [1.54, 1.807) is 43.5 Å². The topological polar surface area (TPSA) is 112 Å². The van der Waals surface area contributed by atoms with Crippen LogP contribution >= 0.6 is 11.6 Å². The van der Waals surface area contributed by atoms with Gasteiger partial charge in [-0.15, -0.1) is 0 Å². The van der Waals surface area contributed by atoms with Crippen LogP contribution in [0.1, 0.15) is 24.8 Å². The number of rotatable bonds is 9. The van der Waals surface area contributed by atoms with Gasteiger partial charge in [-0.2, -0.15) is 0 Å². The summed E-state index contributed by atoms with van der Waals surface area (Å²) in [5.74, 6) is 0.768. The number of aliphatic hydroxyl groups excluding tert-OH is 1. The van der Waals surface area contributed by atoms with Gasteiger partial charge >= 0.3 is 0 Å². The van der Waals surface area contributed by atoms with Crippen LogP contribution in [0.2, 0.25) is 5.02 Å². The molecule has 0 saturated carbocycles. The quantitative estimate of drug-likeness (QED) is 0.241. The Bertz CT molecular complexity index is 1890. The zero-order chi connectivity index (χ0) is 30.3. The minimum atomic E-state index is -4.08. The van der Waals surface area contributed by atoms with E-state index in [9.17, 15) is 13.5 Å². The van der Waals surface area contributed by atoms with E-state index in [0.717, 1.165) is 50.0 Å². The van der Waals surface area contributed by atoms with Crippen molar-refractivity contribution >= 4 is 43.7 Å². The van der Waals surface area contributed by atoms with Gasteiger partial charge in [0.15, 0.2) is 11.4 Å². The maximum absolute atomic E-state index is 14.2. The molecule has 0 radical (unpaired) electrons. The number of pyridine rings is 2. The van der Waals surface area contributed by atoms with Crippen molar-refractivity contribution in [1.82, 2.24) is 23.4 Å². The average molecular weight is 624 g/mol. The fraction of sp³-hybridized carbons (Fsp3) is 0.355. The maximum atomic E-state index is 14.2. The Labute approximate surface area is 255 Å². The predicted molar refractivity (Wildman–Crippen MR) is 167 cm³/mol. The summed E-state index contributed by atoms with van der Waals surface area (Å²) in [7, 11) is -1.00. The second-order valence-electron chi connectivity index (χ2n) is 10.9. The number of piperidine rings is 1. The molecule has 4 aromatic heterocycles. The third-order valence-corrected chi connectivity index (χ3v) is 10.1. The number of aromatic nitrogens is 4. The first-order valence-electron chi connectivity index (χ1n) is 14.2. The van der Waals surface area contributed by atoms with E-state index in [1.165, 1.54) is 17.3 Å². The number of methoxy groups -OCH3 is 2. The summed E-state index contributed by atoms with van der Waals surface area (Å²) in [5.41, 5.74) is 3.53. The van der Waals surface area contributed by atoms with Crippen LogP contribution < -0.4 is 9.47 Å². The molecule has 12 heteroatoms. The Morgan fingerprint density at radius 2 is 1.79 bits per heavy atom. The highest BCUT2D eigenvalue weighted by Crippen LogP contribution is 2.40. The highest BCUT2D eigenvalue weighted by Gasteiger charge is 2.28. The molecule has 1 aliphatic rings. The zero-order valence-electron chi connectivity index (χ0n) is 24.3. The number of benzene rings is 1. The van der Waals surface area contributed by atoms with E-state index in [1.807, 2.05) is 19.2 Å². The second-order valence-corrected chi connectivity index (χ2v) is 13.1. The Hall–Kier alpha value is -3.64. The smallest absolute Gasteiger partial charge is 0.269 e. The van der Waals surface area contributed by atoms with Crippen molar-refractivity contribution in [3.8, 4) is 22.9 Å². The highest BCUT2D eigenvalue weighted by molar-refractivity contribution is 7.90. The monoisotopic (exact) mass is 623 g/mol. The zero-order valence-corrected chi connectivity index (χ0v) is 25.9. The Balaban J connectivity index is 1.52. The number of fused-ring (bicyclic) bond motifs is 2.